The number of aromatic nitrogens is 1. The first kappa shape index (κ1) is 11.6. The molecule has 0 radical (unpaired) electrons. The predicted molar refractivity (Wildman–Crippen MR) is 64.0 cm³/mol. The number of aliphatic hydroxyl groups excluding tert-OH is 1. The lowest BCUT2D eigenvalue weighted by molar-refractivity contribution is 0.108. The van der Waals surface area contributed by atoms with Crippen molar-refractivity contribution in [2.75, 3.05) is 13.2 Å². The number of pyridine rings is 1. The molecule has 3 heteroatoms. The fourth-order valence-corrected chi connectivity index (χ4v) is 2.12. The largest absolute Gasteiger partial charge is 0.396 e. The predicted octanol–water partition coefficient (Wildman–Crippen LogP) is 1.82. The van der Waals surface area contributed by atoms with E-state index in [2.05, 4.69) is 16.0 Å². The average Bonchev–Trinajstić information content (AvgIpc) is 2.25. The highest BCUT2D eigenvalue weighted by molar-refractivity contribution is 5.03. The van der Waals surface area contributed by atoms with Crippen LogP contribution in [0.1, 0.15) is 31.4 Å². The molecule has 1 N–H and O–H groups in total. The van der Waals surface area contributed by atoms with Crippen molar-refractivity contribution in [3.05, 3.63) is 30.1 Å². The Labute approximate surface area is 97.1 Å². The van der Waals surface area contributed by atoms with Gasteiger partial charge in [0, 0.05) is 31.9 Å². The zero-order valence-electron chi connectivity index (χ0n) is 9.68. The fraction of sp³-hybridized carbons (Fsp3) is 0.615. The number of hydrogen-bond acceptors (Lipinski definition) is 3. The lowest BCUT2D eigenvalue weighted by atomic mass is 9.91. The second kappa shape index (κ2) is 5.97. The summed E-state index contributed by atoms with van der Waals surface area (Å²) in [6.07, 6.45) is 6.67. The van der Waals surface area contributed by atoms with Crippen LogP contribution in [0.15, 0.2) is 24.4 Å². The summed E-state index contributed by atoms with van der Waals surface area (Å²) in [7, 11) is 0. The van der Waals surface area contributed by atoms with Gasteiger partial charge in [-0.2, -0.15) is 0 Å². The molecule has 1 aliphatic rings. The average molecular weight is 220 g/mol. The Balaban J connectivity index is 1.90. The number of aliphatic hydroxyl groups is 1. The Kier molecular flexibility index (Phi) is 4.31. The molecule has 0 aliphatic heterocycles. The third-order valence-corrected chi connectivity index (χ3v) is 3.29. The summed E-state index contributed by atoms with van der Waals surface area (Å²) in [6.45, 7) is 2.19. The molecule has 16 heavy (non-hydrogen) atoms. The van der Waals surface area contributed by atoms with Crippen molar-refractivity contribution >= 4 is 0 Å². The maximum absolute atomic E-state index is 8.91. The van der Waals surface area contributed by atoms with Gasteiger partial charge in [0.25, 0.3) is 0 Å². The van der Waals surface area contributed by atoms with E-state index in [1.807, 2.05) is 18.3 Å². The number of nitrogens with zero attached hydrogens (tertiary/aromatic N) is 2. The molecule has 1 saturated carbocycles. The number of hydrogen-bond donors (Lipinski definition) is 1. The molecule has 88 valence electrons. The van der Waals surface area contributed by atoms with Gasteiger partial charge in [-0.05, 0) is 31.4 Å². The van der Waals surface area contributed by atoms with Crippen molar-refractivity contribution in [2.24, 2.45) is 0 Å². The van der Waals surface area contributed by atoms with Gasteiger partial charge < -0.3 is 5.11 Å². The zero-order valence-corrected chi connectivity index (χ0v) is 9.68. The van der Waals surface area contributed by atoms with Crippen LogP contribution < -0.4 is 0 Å². The van der Waals surface area contributed by atoms with Crippen molar-refractivity contribution in [3.8, 4) is 0 Å². The van der Waals surface area contributed by atoms with Crippen LogP contribution in [0.2, 0.25) is 0 Å². The molecule has 0 amide bonds. The normalized spacial score (nSPS) is 16.4. The van der Waals surface area contributed by atoms with Crippen LogP contribution in [0.4, 0.5) is 0 Å². The summed E-state index contributed by atoms with van der Waals surface area (Å²) in [4.78, 5) is 6.82. The van der Waals surface area contributed by atoms with Gasteiger partial charge in [0.2, 0.25) is 0 Å². The van der Waals surface area contributed by atoms with Crippen molar-refractivity contribution in [3.63, 3.8) is 0 Å². The SMILES string of the molecule is OCCCN(Cc1ccccn1)C1CCC1. The van der Waals surface area contributed by atoms with Gasteiger partial charge in [0.1, 0.15) is 0 Å². The van der Waals surface area contributed by atoms with E-state index in [0.29, 0.717) is 6.04 Å². The molecule has 0 spiro atoms. The molecular formula is C13H20N2O. The highest BCUT2D eigenvalue weighted by Gasteiger charge is 2.24. The van der Waals surface area contributed by atoms with Crippen LogP contribution >= 0.6 is 0 Å². The second-order valence-corrected chi connectivity index (χ2v) is 4.45. The van der Waals surface area contributed by atoms with Gasteiger partial charge in [-0.25, -0.2) is 0 Å². The minimum Gasteiger partial charge on any atom is -0.396 e. The van der Waals surface area contributed by atoms with E-state index >= 15 is 0 Å². The first-order valence-corrected chi connectivity index (χ1v) is 6.15. The molecule has 1 fully saturated rings. The molecular weight excluding hydrogens is 200 g/mol. The van der Waals surface area contributed by atoms with Gasteiger partial charge >= 0.3 is 0 Å². The van der Waals surface area contributed by atoms with Gasteiger partial charge in [0.15, 0.2) is 0 Å². The summed E-state index contributed by atoms with van der Waals surface area (Å²) in [6, 6.07) is 6.77. The second-order valence-electron chi connectivity index (χ2n) is 4.45. The topological polar surface area (TPSA) is 36.4 Å². The third kappa shape index (κ3) is 3.03. The summed E-state index contributed by atoms with van der Waals surface area (Å²) >= 11 is 0. The van der Waals surface area contributed by atoms with Crippen LogP contribution in [0.3, 0.4) is 0 Å². The maximum Gasteiger partial charge on any atom is 0.0544 e. The van der Waals surface area contributed by atoms with E-state index < -0.39 is 0 Å². The van der Waals surface area contributed by atoms with Crippen molar-refractivity contribution in [1.82, 2.24) is 9.88 Å². The van der Waals surface area contributed by atoms with Crippen LogP contribution in [-0.4, -0.2) is 34.2 Å². The van der Waals surface area contributed by atoms with E-state index in [9.17, 15) is 0 Å². The van der Waals surface area contributed by atoms with Crippen molar-refractivity contribution < 1.29 is 5.11 Å². The van der Waals surface area contributed by atoms with E-state index in [0.717, 1.165) is 25.2 Å². The Hall–Kier alpha value is -0.930. The molecule has 3 nitrogen and oxygen atoms in total. The molecule has 1 aromatic rings. The van der Waals surface area contributed by atoms with Crippen molar-refractivity contribution in [2.45, 2.75) is 38.3 Å². The van der Waals surface area contributed by atoms with Crippen LogP contribution in [0.25, 0.3) is 0 Å². The molecule has 1 aromatic heterocycles. The molecule has 1 aliphatic carbocycles. The van der Waals surface area contributed by atoms with Gasteiger partial charge in [-0.3, -0.25) is 9.88 Å². The Morgan fingerprint density at radius 2 is 2.25 bits per heavy atom. The first-order chi connectivity index (χ1) is 7.90. The molecule has 0 unspecified atom stereocenters. The maximum atomic E-state index is 8.91. The molecule has 0 saturated heterocycles. The monoisotopic (exact) mass is 220 g/mol. The molecule has 0 bridgehead atoms. The van der Waals surface area contributed by atoms with Crippen LogP contribution in [0, 0.1) is 0 Å². The van der Waals surface area contributed by atoms with Crippen LogP contribution in [0.5, 0.6) is 0 Å². The standard InChI is InChI=1S/C13H20N2O/c16-10-4-9-15(13-6-3-7-13)11-12-5-1-2-8-14-12/h1-2,5,8,13,16H,3-4,6-7,9-11H2. The molecule has 1 heterocycles. The van der Waals surface area contributed by atoms with Crippen LogP contribution in [-0.2, 0) is 6.54 Å². The van der Waals surface area contributed by atoms with E-state index in [4.69, 9.17) is 5.11 Å². The summed E-state index contributed by atoms with van der Waals surface area (Å²) in [5.41, 5.74) is 1.13. The zero-order chi connectivity index (χ0) is 11.2. The fourth-order valence-electron chi connectivity index (χ4n) is 2.12. The minimum absolute atomic E-state index is 0.283. The Morgan fingerprint density at radius 1 is 1.38 bits per heavy atom. The highest BCUT2D eigenvalue weighted by atomic mass is 16.3. The Morgan fingerprint density at radius 3 is 2.81 bits per heavy atom. The van der Waals surface area contributed by atoms with Gasteiger partial charge in [-0.15, -0.1) is 0 Å². The summed E-state index contributed by atoms with van der Waals surface area (Å²) < 4.78 is 0. The van der Waals surface area contributed by atoms with E-state index in [1.165, 1.54) is 19.3 Å². The molecule has 0 atom stereocenters. The summed E-state index contributed by atoms with van der Waals surface area (Å²) in [5, 5.41) is 8.91. The summed E-state index contributed by atoms with van der Waals surface area (Å²) in [5.74, 6) is 0. The van der Waals surface area contributed by atoms with E-state index in [1.54, 1.807) is 0 Å². The quantitative estimate of drug-likeness (QED) is 0.794. The van der Waals surface area contributed by atoms with Crippen molar-refractivity contribution in [1.29, 1.82) is 0 Å². The van der Waals surface area contributed by atoms with Gasteiger partial charge in [0.05, 0.1) is 5.69 Å². The third-order valence-electron chi connectivity index (χ3n) is 3.29. The first-order valence-electron chi connectivity index (χ1n) is 6.15. The lowest BCUT2D eigenvalue weighted by Crippen LogP contribution is -2.40. The Bertz CT molecular complexity index is 298. The smallest absolute Gasteiger partial charge is 0.0544 e. The lowest BCUT2D eigenvalue weighted by Gasteiger charge is -2.37. The van der Waals surface area contributed by atoms with Gasteiger partial charge in [-0.1, -0.05) is 12.5 Å². The minimum atomic E-state index is 0.283. The highest BCUT2D eigenvalue weighted by Crippen LogP contribution is 2.25. The number of rotatable bonds is 6. The molecule has 0 aromatic carbocycles. The van der Waals surface area contributed by atoms with E-state index in [-0.39, 0.29) is 6.61 Å². The molecule has 2 rings (SSSR count).